The van der Waals surface area contributed by atoms with Crippen LogP contribution >= 0.6 is 0 Å². The molecule has 42 heavy (non-hydrogen) atoms. The molecule has 5 rings (SSSR count). The maximum absolute atomic E-state index is 15.3. The number of hydrogen-bond acceptors (Lipinski definition) is 9. The number of rotatable bonds is 11. The molecule has 1 fully saturated rings. The summed E-state index contributed by atoms with van der Waals surface area (Å²) in [6, 6.07) is 12.0. The molecule has 2 aromatic heterocycles. The number of benzene rings is 2. The second-order valence-electron chi connectivity index (χ2n) is 10.5. The zero-order valence-corrected chi connectivity index (χ0v) is 25.0. The third kappa shape index (κ3) is 6.55. The highest BCUT2D eigenvalue weighted by Crippen LogP contribution is 2.36. The van der Waals surface area contributed by atoms with E-state index >= 15 is 4.39 Å². The minimum Gasteiger partial charge on any atom is -0.475 e. The first kappa shape index (κ1) is 29.9. The Kier molecular flexibility index (Phi) is 9.04. The van der Waals surface area contributed by atoms with Crippen LogP contribution < -0.4 is 10.1 Å². The zero-order valence-electron chi connectivity index (χ0n) is 24.2. The van der Waals surface area contributed by atoms with E-state index in [1.165, 1.54) is 31.8 Å². The largest absolute Gasteiger partial charge is 0.475 e. The van der Waals surface area contributed by atoms with E-state index in [1.807, 2.05) is 12.1 Å². The highest BCUT2D eigenvalue weighted by Gasteiger charge is 2.23. The van der Waals surface area contributed by atoms with Gasteiger partial charge in [0.2, 0.25) is 21.9 Å². The van der Waals surface area contributed by atoms with E-state index < -0.39 is 15.8 Å². The fourth-order valence-electron chi connectivity index (χ4n) is 4.77. The number of piperazine rings is 1. The Morgan fingerprint density at radius 2 is 1.76 bits per heavy atom. The third-order valence-corrected chi connectivity index (χ3v) is 9.06. The predicted molar refractivity (Wildman–Crippen MR) is 160 cm³/mol. The number of likely N-dealkylation sites (N-methyl/N-ethyl adjacent to an activating group) is 1. The lowest BCUT2D eigenvalue weighted by Gasteiger charge is -2.32. The van der Waals surface area contributed by atoms with Gasteiger partial charge in [0.15, 0.2) is 0 Å². The number of aromatic amines is 1. The van der Waals surface area contributed by atoms with E-state index in [2.05, 4.69) is 49.2 Å². The molecule has 2 N–H and O–H groups in total. The first-order valence-corrected chi connectivity index (χ1v) is 15.1. The first-order chi connectivity index (χ1) is 20.2. The van der Waals surface area contributed by atoms with Gasteiger partial charge in [0.25, 0.3) is 0 Å². The van der Waals surface area contributed by atoms with Gasteiger partial charge in [-0.05, 0) is 36.9 Å². The van der Waals surface area contributed by atoms with Crippen molar-refractivity contribution in [2.45, 2.75) is 11.4 Å². The molecular formula is C29H36FN7O4S. The molecule has 224 valence electrons. The first-order valence-electron chi connectivity index (χ1n) is 13.7. The number of halogens is 1. The average molecular weight is 598 g/mol. The second kappa shape index (κ2) is 12.7. The van der Waals surface area contributed by atoms with Gasteiger partial charge in [-0.15, -0.1) is 0 Å². The molecule has 4 aromatic rings. The minimum absolute atomic E-state index is 0.137. The van der Waals surface area contributed by atoms with Crippen LogP contribution in [0.1, 0.15) is 5.56 Å². The molecule has 11 nitrogen and oxygen atoms in total. The van der Waals surface area contributed by atoms with Crippen molar-refractivity contribution in [3.8, 4) is 17.0 Å². The van der Waals surface area contributed by atoms with Crippen LogP contribution in [-0.2, 0) is 21.3 Å². The van der Waals surface area contributed by atoms with E-state index in [-0.39, 0.29) is 22.9 Å². The summed E-state index contributed by atoms with van der Waals surface area (Å²) in [4.78, 5) is 17.0. The van der Waals surface area contributed by atoms with Crippen molar-refractivity contribution in [2.75, 3.05) is 73.0 Å². The van der Waals surface area contributed by atoms with Gasteiger partial charge in [-0.2, -0.15) is 9.97 Å². The molecule has 1 aliphatic rings. The van der Waals surface area contributed by atoms with Crippen molar-refractivity contribution in [1.29, 1.82) is 0 Å². The number of methoxy groups -OCH3 is 1. The lowest BCUT2D eigenvalue weighted by atomic mass is 10.1. The standard InChI is InChI=1S/C29H36FN7O4S/c1-35(2)42(38,39)22-9-10-23(25(30)17-22)24-18-31-27-26(24)28(41-16-15-40-4)34-29(33-27)32-21-7-5-20(6-8-21)19-37-13-11-36(3)12-14-37/h5-10,17-18H,11-16,19H2,1-4H3,(H2,31,32,33,34). The number of H-pyrrole nitrogens is 1. The van der Waals surface area contributed by atoms with E-state index in [9.17, 15) is 8.42 Å². The molecule has 1 saturated heterocycles. The van der Waals surface area contributed by atoms with Crippen molar-refractivity contribution < 1.29 is 22.3 Å². The van der Waals surface area contributed by atoms with Crippen LogP contribution in [0.15, 0.2) is 53.6 Å². The van der Waals surface area contributed by atoms with Gasteiger partial charge in [0.1, 0.15) is 18.1 Å². The quantitative estimate of drug-likeness (QED) is 0.251. The van der Waals surface area contributed by atoms with Crippen LogP contribution in [0, 0.1) is 5.82 Å². The summed E-state index contributed by atoms with van der Waals surface area (Å²) in [7, 11) is 2.73. The van der Waals surface area contributed by atoms with Crippen molar-refractivity contribution in [2.24, 2.45) is 0 Å². The maximum atomic E-state index is 15.3. The van der Waals surface area contributed by atoms with E-state index in [0.717, 1.165) is 48.8 Å². The van der Waals surface area contributed by atoms with Crippen molar-refractivity contribution in [1.82, 2.24) is 29.1 Å². The van der Waals surface area contributed by atoms with Gasteiger partial charge in [-0.25, -0.2) is 17.1 Å². The van der Waals surface area contributed by atoms with Gasteiger partial charge < -0.3 is 24.7 Å². The van der Waals surface area contributed by atoms with Gasteiger partial charge in [-0.3, -0.25) is 4.90 Å². The molecule has 1 aliphatic heterocycles. The molecule has 0 spiro atoms. The van der Waals surface area contributed by atoms with Crippen LogP contribution in [0.5, 0.6) is 5.88 Å². The predicted octanol–water partition coefficient (Wildman–Crippen LogP) is 3.53. The smallest absolute Gasteiger partial charge is 0.242 e. The highest BCUT2D eigenvalue weighted by atomic mass is 32.2. The fourth-order valence-corrected chi connectivity index (χ4v) is 5.68. The van der Waals surface area contributed by atoms with Gasteiger partial charge >= 0.3 is 0 Å². The number of fused-ring (bicyclic) bond motifs is 1. The van der Waals surface area contributed by atoms with Gasteiger partial charge in [0, 0.05) is 76.9 Å². The summed E-state index contributed by atoms with van der Waals surface area (Å²) in [6.45, 7) is 5.70. The van der Waals surface area contributed by atoms with Gasteiger partial charge in [-0.1, -0.05) is 18.2 Å². The number of hydrogen-bond donors (Lipinski definition) is 2. The molecule has 13 heteroatoms. The summed E-state index contributed by atoms with van der Waals surface area (Å²) >= 11 is 0. The number of anilines is 2. The molecular weight excluding hydrogens is 561 g/mol. The van der Waals surface area contributed by atoms with Crippen LogP contribution in [-0.4, -0.2) is 105 Å². The molecule has 0 amide bonds. The highest BCUT2D eigenvalue weighted by molar-refractivity contribution is 7.89. The average Bonchev–Trinajstić information content (AvgIpc) is 3.39. The monoisotopic (exact) mass is 597 g/mol. The van der Waals surface area contributed by atoms with Crippen LogP contribution in [0.2, 0.25) is 0 Å². The Morgan fingerprint density at radius 1 is 1.02 bits per heavy atom. The molecule has 0 unspecified atom stereocenters. The minimum atomic E-state index is -3.79. The summed E-state index contributed by atoms with van der Waals surface area (Å²) < 4.78 is 52.4. The van der Waals surface area contributed by atoms with Crippen LogP contribution in [0.4, 0.5) is 16.0 Å². The maximum Gasteiger partial charge on any atom is 0.242 e. The van der Waals surface area contributed by atoms with Gasteiger partial charge in [0.05, 0.1) is 16.9 Å². The topological polar surface area (TPSA) is 116 Å². The van der Waals surface area contributed by atoms with E-state index in [0.29, 0.717) is 29.2 Å². The Bertz CT molecular complexity index is 1640. The summed E-state index contributed by atoms with van der Waals surface area (Å²) in [6.07, 6.45) is 1.61. The van der Waals surface area contributed by atoms with E-state index in [4.69, 9.17) is 9.47 Å². The van der Waals surface area contributed by atoms with Crippen LogP contribution in [0.3, 0.4) is 0 Å². The summed E-state index contributed by atoms with van der Waals surface area (Å²) in [5.74, 6) is -0.143. The SMILES string of the molecule is COCCOc1nc(Nc2ccc(CN3CCN(C)CC3)cc2)nc2[nH]cc(-c3ccc(S(=O)(=O)N(C)C)cc3F)c12. The number of aromatic nitrogens is 3. The number of sulfonamides is 1. The normalized spacial score (nSPS) is 15.0. The second-order valence-corrected chi connectivity index (χ2v) is 12.6. The lowest BCUT2D eigenvalue weighted by Crippen LogP contribution is -2.43. The summed E-state index contributed by atoms with van der Waals surface area (Å²) in [5, 5.41) is 3.71. The lowest BCUT2D eigenvalue weighted by molar-refractivity contribution is 0.144. The Morgan fingerprint density at radius 3 is 2.43 bits per heavy atom. The third-order valence-electron chi connectivity index (χ3n) is 7.25. The molecule has 0 radical (unpaired) electrons. The van der Waals surface area contributed by atoms with E-state index in [1.54, 1.807) is 13.3 Å². The molecule has 3 heterocycles. The van der Waals surface area contributed by atoms with Crippen molar-refractivity contribution in [3.05, 3.63) is 60.0 Å². The molecule has 0 atom stereocenters. The Labute approximate surface area is 245 Å². The number of nitrogens with one attached hydrogen (secondary N) is 2. The molecule has 0 aliphatic carbocycles. The van der Waals surface area contributed by atoms with Crippen molar-refractivity contribution >= 4 is 32.7 Å². The van der Waals surface area contributed by atoms with Crippen LogP contribution in [0.25, 0.3) is 22.2 Å². The molecule has 2 aromatic carbocycles. The Hall–Kier alpha value is -3.62. The Balaban J connectivity index is 1.42. The fraction of sp³-hybridized carbons (Fsp3) is 0.379. The molecule has 0 saturated carbocycles. The number of ether oxygens (including phenoxy) is 2. The summed E-state index contributed by atoms with van der Waals surface area (Å²) in [5.41, 5.74) is 3.12. The van der Waals surface area contributed by atoms with Crippen molar-refractivity contribution in [3.63, 3.8) is 0 Å². The molecule has 0 bridgehead atoms. The number of nitrogens with zero attached hydrogens (tertiary/aromatic N) is 5. The zero-order chi connectivity index (χ0) is 29.9.